The van der Waals surface area contributed by atoms with Gasteiger partial charge in [-0.25, -0.2) is 10.1 Å². The van der Waals surface area contributed by atoms with Crippen LogP contribution in [0.3, 0.4) is 0 Å². The van der Waals surface area contributed by atoms with E-state index in [1.807, 2.05) is 0 Å². The number of nitrogens with zero attached hydrogens (tertiary/aromatic N) is 1. The summed E-state index contributed by atoms with van der Waals surface area (Å²) in [5, 5.41) is 0. The highest BCUT2D eigenvalue weighted by Gasteiger charge is 1.96. The number of aromatic nitrogens is 1. The zero-order valence-electron chi connectivity index (χ0n) is 6.16. The standard InChI is InChI=1S/C5H6N2.H4NO3P/c6-5-1-3-7-4-2-5;1-5(2,3)4/h1-4H,(H2,6,7);(H4,1,2,3,4). The van der Waals surface area contributed by atoms with Crippen molar-refractivity contribution in [1.82, 2.24) is 4.98 Å². The molecule has 1 rings (SSSR count). The second kappa shape index (κ2) is 4.84. The number of hydrogen-bond acceptors (Lipinski definition) is 3. The second-order valence-corrected chi connectivity index (χ2v) is 3.05. The first kappa shape index (κ1) is 11.1. The molecule has 0 bridgehead atoms. The largest absolute Gasteiger partial charge is 0.399 e. The molecule has 0 spiro atoms. The summed E-state index contributed by atoms with van der Waals surface area (Å²) in [5.74, 6) is 0. The highest BCUT2D eigenvalue weighted by molar-refractivity contribution is 7.49. The van der Waals surface area contributed by atoms with E-state index >= 15 is 0 Å². The smallest absolute Gasteiger partial charge is 0.397 e. The van der Waals surface area contributed by atoms with Crippen LogP contribution in [0.15, 0.2) is 24.5 Å². The molecule has 0 aromatic carbocycles. The second-order valence-electron chi connectivity index (χ2n) is 1.87. The van der Waals surface area contributed by atoms with E-state index in [0.717, 1.165) is 5.69 Å². The predicted molar refractivity (Wildman–Crippen MR) is 44.9 cm³/mol. The Bertz CT molecular complexity index is 252. The fourth-order valence-corrected chi connectivity index (χ4v) is 0.363. The third-order valence-corrected chi connectivity index (χ3v) is 0.706. The monoisotopic (exact) mass is 191 g/mol. The lowest BCUT2D eigenvalue weighted by Crippen LogP contribution is -1.87. The molecule has 0 saturated carbocycles. The molecule has 0 saturated heterocycles. The maximum absolute atomic E-state index is 9.10. The molecule has 1 aromatic heterocycles. The van der Waals surface area contributed by atoms with Gasteiger partial charge in [-0.15, -0.1) is 0 Å². The summed E-state index contributed by atoms with van der Waals surface area (Å²) in [6, 6.07) is 3.50. The molecular formula is C5H10N3O3P. The summed E-state index contributed by atoms with van der Waals surface area (Å²) in [5.41, 5.74) is 10.1. The van der Waals surface area contributed by atoms with E-state index in [0.29, 0.717) is 0 Å². The van der Waals surface area contributed by atoms with Crippen molar-refractivity contribution in [3.05, 3.63) is 24.5 Å². The van der Waals surface area contributed by atoms with E-state index in [9.17, 15) is 0 Å². The first-order chi connectivity index (χ1) is 5.39. The minimum absolute atomic E-state index is 0.759. The van der Waals surface area contributed by atoms with E-state index < -0.39 is 7.75 Å². The van der Waals surface area contributed by atoms with E-state index in [1.54, 1.807) is 24.5 Å². The third kappa shape index (κ3) is 11.8. The van der Waals surface area contributed by atoms with Gasteiger partial charge in [0.25, 0.3) is 0 Å². The predicted octanol–water partition coefficient (Wildman–Crippen LogP) is -0.298. The van der Waals surface area contributed by atoms with Crippen LogP contribution in [0.4, 0.5) is 5.69 Å². The molecule has 0 unspecified atom stereocenters. The molecule has 0 radical (unpaired) electrons. The Balaban J connectivity index is 0.000000217. The molecule has 6 N–H and O–H groups in total. The van der Waals surface area contributed by atoms with Crippen LogP contribution < -0.4 is 11.2 Å². The van der Waals surface area contributed by atoms with Crippen molar-refractivity contribution in [3.63, 3.8) is 0 Å². The van der Waals surface area contributed by atoms with Crippen molar-refractivity contribution in [2.75, 3.05) is 5.73 Å². The quantitative estimate of drug-likeness (QED) is 0.417. The molecule has 0 fully saturated rings. The minimum atomic E-state index is -4.14. The zero-order valence-corrected chi connectivity index (χ0v) is 7.06. The number of hydrogen-bond donors (Lipinski definition) is 4. The van der Waals surface area contributed by atoms with Gasteiger partial charge in [-0.2, -0.15) is 0 Å². The first-order valence-electron chi connectivity index (χ1n) is 2.89. The summed E-state index contributed by atoms with van der Waals surface area (Å²) in [4.78, 5) is 18.6. The van der Waals surface area contributed by atoms with Gasteiger partial charge in [-0.1, -0.05) is 0 Å². The Morgan fingerprint density at radius 2 is 1.67 bits per heavy atom. The van der Waals surface area contributed by atoms with E-state index in [1.165, 1.54) is 0 Å². The lowest BCUT2D eigenvalue weighted by molar-refractivity contribution is 0.374. The zero-order chi connectivity index (χ0) is 9.61. The molecule has 0 aliphatic heterocycles. The minimum Gasteiger partial charge on any atom is -0.399 e. The van der Waals surface area contributed by atoms with Gasteiger partial charge < -0.3 is 15.5 Å². The Hall–Kier alpha value is -0.940. The summed E-state index contributed by atoms with van der Waals surface area (Å²) in [6.45, 7) is 0. The van der Waals surface area contributed by atoms with Gasteiger partial charge in [-0.05, 0) is 12.1 Å². The van der Waals surface area contributed by atoms with Gasteiger partial charge in [0.05, 0.1) is 0 Å². The average Bonchev–Trinajstić information content (AvgIpc) is 1.85. The van der Waals surface area contributed by atoms with Crippen molar-refractivity contribution < 1.29 is 14.4 Å². The number of nitrogens with two attached hydrogens (primary N) is 2. The van der Waals surface area contributed by atoms with Crippen LogP contribution in [0, 0.1) is 0 Å². The maximum atomic E-state index is 9.10. The van der Waals surface area contributed by atoms with Gasteiger partial charge in [-0.3, -0.25) is 4.98 Å². The van der Waals surface area contributed by atoms with Crippen LogP contribution in [-0.2, 0) is 4.57 Å². The van der Waals surface area contributed by atoms with Crippen molar-refractivity contribution in [2.24, 2.45) is 5.50 Å². The summed E-state index contributed by atoms with van der Waals surface area (Å²) >= 11 is 0. The fraction of sp³-hybridized carbons (Fsp3) is 0. The van der Waals surface area contributed by atoms with E-state index in [4.69, 9.17) is 20.1 Å². The Labute approximate surface area is 69.4 Å². The Morgan fingerprint density at radius 1 is 1.33 bits per heavy atom. The van der Waals surface area contributed by atoms with Crippen molar-refractivity contribution in [2.45, 2.75) is 0 Å². The fourth-order valence-electron chi connectivity index (χ4n) is 0.363. The van der Waals surface area contributed by atoms with Gasteiger partial charge in [0.15, 0.2) is 0 Å². The van der Waals surface area contributed by atoms with Gasteiger partial charge in [0, 0.05) is 18.1 Å². The lowest BCUT2D eigenvalue weighted by atomic mass is 10.4. The van der Waals surface area contributed by atoms with Gasteiger partial charge in [0.2, 0.25) is 0 Å². The van der Waals surface area contributed by atoms with Crippen LogP contribution in [0.25, 0.3) is 0 Å². The Kier molecular flexibility index (Phi) is 4.46. The summed E-state index contributed by atoms with van der Waals surface area (Å²) < 4.78 is 9.10. The number of pyridine rings is 1. The van der Waals surface area contributed by atoms with Crippen LogP contribution in [0.5, 0.6) is 0 Å². The van der Waals surface area contributed by atoms with Crippen LogP contribution in [0.1, 0.15) is 0 Å². The topological polar surface area (TPSA) is 122 Å². The summed E-state index contributed by atoms with van der Waals surface area (Å²) in [7, 11) is -4.14. The Morgan fingerprint density at radius 3 is 1.83 bits per heavy atom. The highest BCUT2D eigenvalue weighted by atomic mass is 31.2. The molecule has 68 valence electrons. The number of nitrogen functional groups attached to an aromatic ring is 1. The average molecular weight is 191 g/mol. The number of anilines is 1. The van der Waals surface area contributed by atoms with Crippen LogP contribution >= 0.6 is 7.75 Å². The molecule has 0 atom stereocenters. The van der Waals surface area contributed by atoms with Crippen LogP contribution in [-0.4, -0.2) is 14.8 Å². The van der Waals surface area contributed by atoms with E-state index in [-0.39, 0.29) is 0 Å². The third-order valence-electron chi connectivity index (χ3n) is 0.706. The summed E-state index contributed by atoms with van der Waals surface area (Å²) in [6.07, 6.45) is 3.32. The first-order valence-corrected chi connectivity index (χ1v) is 4.57. The van der Waals surface area contributed by atoms with Crippen molar-refractivity contribution in [3.8, 4) is 0 Å². The lowest BCUT2D eigenvalue weighted by Gasteiger charge is -1.84. The molecule has 0 aliphatic carbocycles. The molecule has 1 aromatic rings. The molecular weight excluding hydrogens is 181 g/mol. The molecule has 7 heteroatoms. The van der Waals surface area contributed by atoms with Crippen LogP contribution in [0.2, 0.25) is 0 Å². The van der Waals surface area contributed by atoms with Gasteiger partial charge in [0.1, 0.15) is 0 Å². The molecule has 0 amide bonds. The normalized spacial score (nSPS) is 9.92. The molecule has 1 heterocycles. The highest BCUT2D eigenvalue weighted by Crippen LogP contribution is 2.20. The van der Waals surface area contributed by atoms with Crippen molar-refractivity contribution >= 4 is 13.4 Å². The number of rotatable bonds is 0. The molecule has 0 aliphatic rings. The molecule has 12 heavy (non-hydrogen) atoms. The van der Waals surface area contributed by atoms with Gasteiger partial charge >= 0.3 is 7.75 Å². The SMILES string of the molecule is NP(=O)(O)O.Nc1ccncc1. The van der Waals surface area contributed by atoms with Crippen molar-refractivity contribution in [1.29, 1.82) is 0 Å². The maximum Gasteiger partial charge on any atom is 0.397 e. The van der Waals surface area contributed by atoms with E-state index in [2.05, 4.69) is 10.5 Å². The molecule has 6 nitrogen and oxygen atoms in total.